The van der Waals surface area contributed by atoms with Gasteiger partial charge < -0.3 is 9.47 Å². The smallest absolute Gasteiger partial charge is 0.344 e. The molecule has 0 fully saturated rings. The number of carbonyl (C=O) groups excluding carboxylic acids is 1. The Hall–Kier alpha value is -4.09. The first kappa shape index (κ1) is 26.5. The Labute approximate surface area is 229 Å². The van der Waals surface area contributed by atoms with Gasteiger partial charge in [0, 0.05) is 28.1 Å². The van der Waals surface area contributed by atoms with Crippen LogP contribution in [0, 0.1) is 10.1 Å². The number of ether oxygens (including phenoxy) is 2. The summed E-state index contributed by atoms with van der Waals surface area (Å²) >= 11 is 1.17. The fraction of sp³-hybridized carbons (Fsp3) is 0.214. The highest BCUT2D eigenvalue weighted by Gasteiger charge is 2.29. The van der Waals surface area contributed by atoms with E-state index in [4.69, 9.17) is 9.47 Å². The third-order valence-electron chi connectivity index (χ3n) is 6.34. The first-order chi connectivity index (χ1) is 18.8. The number of aromatic nitrogens is 1. The van der Waals surface area contributed by atoms with Gasteiger partial charge in [0.05, 0.1) is 23.0 Å². The van der Waals surface area contributed by atoms with Gasteiger partial charge in [-0.15, -0.1) is 11.3 Å². The van der Waals surface area contributed by atoms with Crippen molar-refractivity contribution >= 4 is 32.8 Å². The third kappa shape index (κ3) is 5.55. The van der Waals surface area contributed by atoms with Crippen molar-refractivity contribution in [2.75, 3.05) is 13.2 Å². The van der Waals surface area contributed by atoms with E-state index in [2.05, 4.69) is 4.98 Å². The Morgan fingerprint density at radius 2 is 1.77 bits per heavy atom. The molecule has 0 spiro atoms. The van der Waals surface area contributed by atoms with Crippen LogP contribution in [0.3, 0.4) is 0 Å². The molecule has 0 N–H and O–H groups in total. The summed E-state index contributed by atoms with van der Waals surface area (Å²) in [5.74, 6) is -0.162. The zero-order chi connectivity index (χ0) is 27.6. The minimum absolute atomic E-state index is 0.0352. The summed E-state index contributed by atoms with van der Waals surface area (Å²) < 4.78 is 37.8. The lowest BCUT2D eigenvalue weighted by atomic mass is 9.93. The van der Waals surface area contributed by atoms with E-state index in [1.54, 1.807) is 55.5 Å². The molecule has 4 aromatic rings. The maximum Gasteiger partial charge on any atom is 0.344 e. The molecule has 5 rings (SSSR count). The van der Waals surface area contributed by atoms with Crippen LogP contribution in [0.5, 0.6) is 5.75 Å². The molecule has 200 valence electrons. The molecule has 11 heteroatoms. The van der Waals surface area contributed by atoms with Gasteiger partial charge in [0.25, 0.3) is 5.69 Å². The molecule has 0 bridgehead atoms. The first-order valence-corrected chi connectivity index (χ1v) is 14.7. The summed E-state index contributed by atoms with van der Waals surface area (Å²) in [4.78, 5) is 27.7. The van der Waals surface area contributed by atoms with Crippen LogP contribution in [0.25, 0.3) is 22.4 Å². The Bertz CT molecular complexity index is 1660. The fourth-order valence-corrected chi connectivity index (χ4v) is 7.36. The number of carbonyl (C=O) groups is 1. The van der Waals surface area contributed by atoms with Crippen LogP contribution in [0.15, 0.2) is 71.1 Å². The molecular weight excluding hydrogens is 540 g/mol. The van der Waals surface area contributed by atoms with Crippen molar-refractivity contribution in [1.82, 2.24) is 4.98 Å². The number of thiazole rings is 1. The van der Waals surface area contributed by atoms with Gasteiger partial charge in [-0.1, -0.05) is 36.4 Å². The normalized spacial score (nSPS) is 12.3. The minimum atomic E-state index is -3.79. The van der Waals surface area contributed by atoms with Gasteiger partial charge in [0.1, 0.15) is 5.75 Å². The summed E-state index contributed by atoms with van der Waals surface area (Å²) in [6.45, 7) is 1.79. The lowest BCUT2D eigenvalue weighted by Gasteiger charge is -2.18. The molecule has 0 saturated carbocycles. The average molecular weight is 565 g/mol. The highest BCUT2D eigenvalue weighted by atomic mass is 32.2. The van der Waals surface area contributed by atoms with Crippen molar-refractivity contribution in [3.8, 4) is 28.1 Å². The summed E-state index contributed by atoms with van der Waals surface area (Å²) in [6.07, 6.45) is 1.24. The zero-order valence-electron chi connectivity index (χ0n) is 21.0. The van der Waals surface area contributed by atoms with Gasteiger partial charge in [0.2, 0.25) is 14.2 Å². The van der Waals surface area contributed by atoms with E-state index in [9.17, 15) is 23.3 Å². The molecule has 0 amide bonds. The molecule has 9 nitrogen and oxygen atoms in total. The minimum Gasteiger partial charge on any atom is -0.482 e. The second-order valence-electron chi connectivity index (χ2n) is 8.85. The lowest BCUT2D eigenvalue weighted by molar-refractivity contribution is -0.384. The summed E-state index contributed by atoms with van der Waals surface area (Å²) in [6, 6.07) is 18.6. The predicted molar refractivity (Wildman–Crippen MR) is 147 cm³/mol. The van der Waals surface area contributed by atoms with E-state index in [0.29, 0.717) is 41.0 Å². The van der Waals surface area contributed by atoms with Crippen molar-refractivity contribution in [3.63, 3.8) is 0 Å². The Morgan fingerprint density at radius 3 is 2.51 bits per heavy atom. The molecule has 0 saturated heterocycles. The maximum atomic E-state index is 13.5. The van der Waals surface area contributed by atoms with Gasteiger partial charge in [-0.25, -0.2) is 18.2 Å². The van der Waals surface area contributed by atoms with Crippen molar-refractivity contribution in [3.05, 3.63) is 92.8 Å². The van der Waals surface area contributed by atoms with Crippen molar-refractivity contribution in [2.24, 2.45) is 0 Å². The van der Waals surface area contributed by atoms with Crippen LogP contribution in [0.2, 0.25) is 0 Å². The Morgan fingerprint density at radius 1 is 1.03 bits per heavy atom. The second-order valence-corrected chi connectivity index (χ2v) is 12.1. The number of sulfone groups is 1. The van der Waals surface area contributed by atoms with Gasteiger partial charge in [-0.05, 0) is 54.7 Å². The van der Waals surface area contributed by atoms with Crippen LogP contribution in [-0.4, -0.2) is 37.5 Å². The lowest BCUT2D eigenvalue weighted by Crippen LogP contribution is -2.16. The van der Waals surface area contributed by atoms with Crippen LogP contribution in [0.1, 0.15) is 22.9 Å². The quantitative estimate of drug-likeness (QED) is 0.150. The highest BCUT2D eigenvalue weighted by Crippen LogP contribution is 2.41. The number of benzene rings is 3. The number of rotatable bonds is 9. The fourth-order valence-electron chi connectivity index (χ4n) is 4.56. The van der Waals surface area contributed by atoms with Crippen LogP contribution < -0.4 is 4.74 Å². The van der Waals surface area contributed by atoms with E-state index in [1.165, 1.54) is 23.5 Å². The number of hydrogen-bond donors (Lipinski definition) is 0. The van der Waals surface area contributed by atoms with E-state index in [0.717, 1.165) is 16.0 Å². The van der Waals surface area contributed by atoms with Gasteiger partial charge in [-0.2, -0.15) is 0 Å². The second kappa shape index (κ2) is 11.0. The number of nitro groups is 1. The average Bonchev–Trinajstić information content (AvgIpc) is 3.38. The number of fused-ring (bicyclic) bond motifs is 3. The summed E-state index contributed by atoms with van der Waals surface area (Å²) in [7, 11) is -3.79. The van der Waals surface area contributed by atoms with Gasteiger partial charge >= 0.3 is 5.97 Å². The molecule has 0 unspecified atom stereocenters. The van der Waals surface area contributed by atoms with E-state index >= 15 is 0 Å². The van der Waals surface area contributed by atoms with Crippen LogP contribution in [0.4, 0.5) is 5.69 Å². The number of nitrogens with zero attached hydrogens (tertiary/aromatic N) is 2. The molecular formula is C28H24N2O7S2. The van der Waals surface area contributed by atoms with Crippen molar-refractivity contribution in [2.45, 2.75) is 29.9 Å². The summed E-state index contributed by atoms with van der Waals surface area (Å²) in [5.41, 5.74) is 4.21. The molecule has 0 radical (unpaired) electrons. The number of non-ortho nitro benzene ring substituents is 1. The Balaban J connectivity index is 1.42. The first-order valence-electron chi connectivity index (χ1n) is 12.2. The molecule has 1 aromatic heterocycles. The number of aryl methyl sites for hydroxylation is 1. The van der Waals surface area contributed by atoms with Gasteiger partial charge in [0.15, 0.2) is 6.61 Å². The molecule has 0 aliphatic heterocycles. The number of hydrogen-bond acceptors (Lipinski definition) is 9. The molecule has 1 heterocycles. The molecule has 1 aliphatic carbocycles. The monoisotopic (exact) mass is 564 g/mol. The van der Waals surface area contributed by atoms with Crippen LogP contribution in [-0.2, 0) is 38.0 Å². The number of esters is 1. The standard InChI is InChI=1S/C28H24N2O7S2/c1-2-36-26(31)16-37-24-9-5-8-23-22(24)14-15-25-27(23)29-28(38-25)39(34,35)17-19-6-3-4-7-21(19)18-10-12-20(13-11-18)30(32)33/h3-13H,2,14-17H2,1H3. The highest BCUT2D eigenvalue weighted by molar-refractivity contribution is 7.92. The van der Waals surface area contributed by atoms with Crippen molar-refractivity contribution in [1.29, 1.82) is 0 Å². The SMILES string of the molecule is CCOC(=O)COc1cccc2c1CCc1sc(S(=O)(=O)Cc3ccccc3-c3ccc([N+](=O)[O-])cc3)nc1-2. The van der Waals surface area contributed by atoms with Crippen LogP contribution >= 0.6 is 11.3 Å². The predicted octanol–water partition coefficient (Wildman–Crippen LogP) is 5.40. The van der Waals surface area contributed by atoms with E-state index < -0.39 is 20.7 Å². The van der Waals surface area contributed by atoms with Gasteiger partial charge in [-0.3, -0.25) is 10.1 Å². The molecule has 3 aromatic carbocycles. The Kier molecular flexibility index (Phi) is 7.45. The molecule has 39 heavy (non-hydrogen) atoms. The van der Waals surface area contributed by atoms with Crippen molar-refractivity contribution < 1.29 is 27.6 Å². The molecule has 0 atom stereocenters. The maximum absolute atomic E-state index is 13.5. The number of nitro benzene ring substituents is 1. The third-order valence-corrected chi connectivity index (χ3v) is 9.57. The van der Waals surface area contributed by atoms with E-state index in [-0.39, 0.29) is 29.0 Å². The largest absolute Gasteiger partial charge is 0.482 e. The zero-order valence-corrected chi connectivity index (χ0v) is 22.6. The summed E-state index contributed by atoms with van der Waals surface area (Å²) in [5, 5.41) is 11.0. The topological polar surface area (TPSA) is 126 Å². The van der Waals surface area contributed by atoms with E-state index in [1.807, 2.05) is 6.07 Å². The molecule has 1 aliphatic rings.